The summed E-state index contributed by atoms with van der Waals surface area (Å²) in [4.78, 5) is 0. The first-order valence-corrected chi connectivity index (χ1v) is 4.16. The molecule has 0 aromatic rings. The lowest BCUT2D eigenvalue weighted by Gasteiger charge is -2.21. The summed E-state index contributed by atoms with van der Waals surface area (Å²) in [7, 11) is 0. The SMILES string of the molecule is C=C[C@H](O)CCC(C)(C=C)C=C. The van der Waals surface area contributed by atoms with Crippen molar-refractivity contribution in [2.24, 2.45) is 5.41 Å². The van der Waals surface area contributed by atoms with Gasteiger partial charge in [-0.15, -0.1) is 19.7 Å². The third kappa shape index (κ3) is 3.54. The summed E-state index contributed by atoms with van der Waals surface area (Å²) in [5.41, 5.74) is -0.0655. The van der Waals surface area contributed by atoms with Gasteiger partial charge in [-0.3, -0.25) is 0 Å². The van der Waals surface area contributed by atoms with Gasteiger partial charge in [-0.05, 0) is 12.8 Å². The van der Waals surface area contributed by atoms with Gasteiger partial charge in [0, 0.05) is 5.41 Å². The van der Waals surface area contributed by atoms with Gasteiger partial charge in [-0.25, -0.2) is 0 Å². The summed E-state index contributed by atoms with van der Waals surface area (Å²) in [6.45, 7) is 13.0. The van der Waals surface area contributed by atoms with Crippen LogP contribution in [0, 0.1) is 5.41 Å². The molecule has 12 heavy (non-hydrogen) atoms. The van der Waals surface area contributed by atoms with Crippen LogP contribution in [-0.2, 0) is 0 Å². The molecule has 0 aliphatic rings. The molecule has 0 bridgehead atoms. The number of aliphatic hydroxyl groups is 1. The number of hydrogen-bond acceptors (Lipinski definition) is 1. The Labute approximate surface area is 75.1 Å². The first kappa shape index (κ1) is 11.2. The Bertz CT molecular complexity index is 162. The van der Waals surface area contributed by atoms with Gasteiger partial charge in [-0.1, -0.05) is 25.2 Å². The van der Waals surface area contributed by atoms with Gasteiger partial charge >= 0.3 is 0 Å². The van der Waals surface area contributed by atoms with Gasteiger partial charge in [0.25, 0.3) is 0 Å². The van der Waals surface area contributed by atoms with E-state index in [2.05, 4.69) is 19.7 Å². The van der Waals surface area contributed by atoms with E-state index in [1.54, 1.807) is 6.08 Å². The predicted octanol–water partition coefficient (Wildman–Crippen LogP) is 2.69. The van der Waals surface area contributed by atoms with E-state index in [1.165, 1.54) is 0 Å². The molecule has 1 nitrogen and oxygen atoms in total. The van der Waals surface area contributed by atoms with Gasteiger partial charge in [-0.2, -0.15) is 0 Å². The zero-order valence-corrected chi connectivity index (χ0v) is 7.79. The van der Waals surface area contributed by atoms with E-state index in [1.807, 2.05) is 19.1 Å². The fourth-order valence-corrected chi connectivity index (χ4v) is 0.864. The molecule has 0 aromatic heterocycles. The van der Waals surface area contributed by atoms with E-state index in [0.717, 1.165) is 6.42 Å². The van der Waals surface area contributed by atoms with Crippen molar-refractivity contribution in [3.8, 4) is 0 Å². The minimum Gasteiger partial charge on any atom is -0.389 e. The molecule has 0 unspecified atom stereocenters. The molecule has 0 saturated carbocycles. The van der Waals surface area contributed by atoms with E-state index >= 15 is 0 Å². The molecule has 1 N–H and O–H groups in total. The molecule has 1 atom stereocenters. The fraction of sp³-hybridized carbons (Fsp3) is 0.455. The lowest BCUT2D eigenvalue weighted by Crippen LogP contribution is -2.12. The lowest BCUT2D eigenvalue weighted by molar-refractivity contribution is 0.199. The molecule has 0 rings (SSSR count). The molecule has 0 radical (unpaired) electrons. The average molecular weight is 166 g/mol. The van der Waals surface area contributed by atoms with Crippen LogP contribution >= 0.6 is 0 Å². The first-order valence-electron chi connectivity index (χ1n) is 4.16. The van der Waals surface area contributed by atoms with Crippen LogP contribution < -0.4 is 0 Å². The van der Waals surface area contributed by atoms with E-state index in [9.17, 15) is 5.11 Å². The normalized spacial score (nSPS) is 13.5. The minimum atomic E-state index is -0.413. The molecule has 0 amide bonds. The smallest absolute Gasteiger partial charge is 0.0718 e. The zero-order chi connectivity index (χ0) is 9.61. The standard InChI is InChI=1S/C11H18O/c1-5-10(12)8-9-11(4,6-2)7-3/h5-7,10,12H,1-3,8-9H2,4H3/t10-/m0/s1. The summed E-state index contributed by atoms with van der Waals surface area (Å²) in [5.74, 6) is 0. The summed E-state index contributed by atoms with van der Waals surface area (Å²) in [5, 5.41) is 9.23. The monoisotopic (exact) mass is 166 g/mol. The molecule has 0 aliphatic heterocycles. The Morgan fingerprint density at radius 3 is 2.17 bits per heavy atom. The molecule has 0 spiro atoms. The van der Waals surface area contributed by atoms with Crippen molar-refractivity contribution in [3.63, 3.8) is 0 Å². The highest BCUT2D eigenvalue weighted by Crippen LogP contribution is 2.26. The Balaban J connectivity index is 3.96. The van der Waals surface area contributed by atoms with Gasteiger partial charge in [0.1, 0.15) is 0 Å². The van der Waals surface area contributed by atoms with Crippen molar-refractivity contribution in [3.05, 3.63) is 38.0 Å². The zero-order valence-electron chi connectivity index (χ0n) is 7.79. The van der Waals surface area contributed by atoms with E-state index in [4.69, 9.17) is 0 Å². The molecule has 0 aliphatic carbocycles. The van der Waals surface area contributed by atoms with Crippen LogP contribution in [0.3, 0.4) is 0 Å². The number of aliphatic hydroxyl groups excluding tert-OH is 1. The van der Waals surface area contributed by atoms with Crippen molar-refractivity contribution in [2.45, 2.75) is 25.9 Å². The summed E-state index contributed by atoms with van der Waals surface area (Å²) >= 11 is 0. The molecular weight excluding hydrogens is 148 g/mol. The summed E-state index contributed by atoms with van der Waals surface area (Å²) in [6, 6.07) is 0. The fourth-order valence-electron chi connectivity index (χ4n) is 0.864. The summed E-state index contributed by atoms with van der Waals surface area (Å²) < 4.78 is 0. The van der Waals surface area contributed by atoms with E-state index in [0.29, 0.717) is 6.42 Å². The van der Waals surface area contributed by atoms with Crippen molar-refractivity contribution < 1.29 is 5.11 Å². The van der Waals surface area contributed by atoms with Gasteiger partial charge in [0.05, 0.1) is 6.10 Å². The van der Waals surface area contributed by atoms with Gasteiger partial charge in [0.15, 0.2) is 0 Å². The van der Waals surface area contributed by atoms with Crippen molar-refractivity contribution in [1.29, 1.82) is 0 Å². The van der Waals surface area contributed by atoms with Crippen molar-refractivity contribution in [2.75, 3.05) is 0 Å². The average Bonchev–Trinajstić information content (AvgIpc) is 2.13. The predicted molar refractivity (Wildman–Crippen MR) is 53.9 cm³/mol. The highest BCUT2D eigenvalue weighted by atomic mass is 16.3. The lowest BCUT2D eigenvalue weighted by atomic mass is 9.85. The first-order chi connectivity index (χ1) is 5.58. The maximum atomic E-state index is 9.23. The maximum absolute atomic E-state index is 9.23. The van der Waals surface area contributed by atoms with Crippen LogP contribution in [0.25, 0.3) is 0 Å². The largest absolute Gasteiger partial charge is 0.389 e. The maximum Gasteiger partial charge on any atom is 0.0718 e. The van der Waals surface area contributed by atoms with E-state index in [-0.39, 0.29) is 5.41 Å². The molecule has 0 saturated heterocycles. The third-order valence-electron chi connectivity index (χ3n) is 2.18. The Kier molecular flexibility index (Phi) is 4.60. The number of allylic oxidation sites excluding steroid dienone is 2. The minimum absolute atomic E-state index is 0.0655. The molecule has 1 heteroatoms. The second-order valence-electron chi connectivity index (χ2n) is 3.26. The molecular formula is C11H18O. The number of rotatable bonds is 6. The topological polar surface area (TPSA) is 20.2 Å². The Morgan fingerprint density at radius 2 is 1.83 bits per heavy atom. The second kappa shape index (κ2) is 4.94. The van der Waals surface area contributed by atoms with Gasteiger partial charge < -0.3 is 5.11 Å². The van der Waals surface area contributed by atoms with Crippen LogP contribution in [-0.4, -0.2) is 11.2 Å². The molecule has 0 fully saturated rings. The number of hydrogen-bond donors (Lipinski definition) is 1. The molecule has 0 heterocycles. The third-order valence-corrected chi connectivity index (χ3v) is 2.18. The van der Waals surface area contributed by atoms with Crippen molar-refractivity contribution >= 4 is 0 Å². The Morgan fingerprint density at radius 1 is 1.33 bits per heavy atom. The second-order valence-corrected chi connectivity index (χ2v) is 3.26. The summed E-state index contributed by atoms with van der Waals surface area (Å²) in [6.07, 6.45) is 6.41. The van der Waals surface area contributed by atoms with Crippen molar-refractivity contribution in [1.82, 2.24) is 0 Å². The highest BCUT2D eigenvalue weighted by Gasteiger charge is 2.16. The Hall–Kier alpha value is -0.820. The van der Waals surface area contributed by atoms with Crippen LogP contribution in [0.15, 0.2) is 38.0 Å². The molecule has 68 valence electrons. The van der Waals surface area contributed by atoms with Gasteiger partial charge in [0.2, 0.25) is 0 Å². The molecule has 0 aromatic carbocycles. The van der Waals surface area contributed by atoms with Crippen LogP contribution in [0.2, 0.25) is 0 Å². The van der Waals surface area contributed by atoms with E-state index < -0.39 is 6.10 Å². The van der Waals surface area contributed by atoms with Crippen LogP contribution in [0.4, 0.5) is 0 Å². The van der Waals surface area contributed by atoms with Crippen LogP contribution in [0.5, 0.6) is 0 Å². The quantitative estimate of drug-likeness (QED) is 0.601. The highest BCUT2D eigenvalue weighted by molar-refractivity contribution is 5.03. The van der Waals surface area contributed by atoms with Crippen LogP contribution in [0.1, 0.15) is 19.8 Å².